The Morgan fingerprint density at radius 1 is 0.941 bits per heavy atom. The maximum Gasteiger partial charge on any atom is 0.265 e. The van der Waals surface area contributed by atoms with Gasteiger partial charge in [-0.25, -0.2) is 14.4 Å². The quantitative estimate of drug-likeness (QED) is 0.375. The van der Waals surface area contributed by atoms with E-state index in [2.05, 4.69) is 15.3 Å². The molecule has 3 aromatic carbocycles. The molecule has 0 unspecified atom stereocenters. The molecule has 8 heteroatoms. The molecule has 6 nitrogen and oxygen atoms in total. The van der Waals surface area contributed by atoms with Crippen molar-refractivity contribution in [1.29, 1.82) is 0 Å². The number of nitrogens with one attached hydrogen (secondary N) is 1. The summed E-state index contributed by atoms with van der Waals surface area (Å²) in [7, 11) is 0. The Bertz CT molecular complexity index is 1590. The lowest BCUT2D eigenvalue weighted by Crippen LogP contribution is -2.22. The van der Waals surface area contributed by atoms with Crippen molar-refractivity contribution in [3.05, 3.63) is 105 Å². The minimum absolute atomic E-state index is 0.160. The summed E-state index contributed by atoms with van der Waals surface area (Å²) >= 11 is 1.35. The van der Waals surface area contributed by atoms with Crippen molar-refractivity contribution >= 4 is 33.3 Å². The van der Waals surface area contributed by atoms with Crippen molar-refractivity contribution in [2.24, 2.45) is 0 Å². The Balaban J connectivity index is 1.39. The van der Waals surface area contributed by atoms with E-state index >= 15 is 0 Å². The summed E-state index contributed by atoms with van der Waals surface area (Å²) < 4.78 is 14.8. The van der Waals surface area contributed by atoms with Gasteiger partial charge in [-0.15, -0.1) is 11.3 Å². The molecule has 0 spiro atoms. The van der Waals surface area contributed by atoms with Gasteiger partial charge in [-0.3, -0.25) is 19.5 Å². The number of rotatable bonds is 4. The number of hydrogen-bond donors (Lipinski definition) is 1. The van der Waals surface area contributed by atoms with Gasteiger partial charge in [-0.05, 0) is 74.5 Å². The lowest BCUT2D eigenvalue weighted by Gasteiger charge is -2.11. The van der Waals surface area contributed by atoms with Crippen LogP contribution in [0.15, 0.2) is 77.6 Å². The molecular formula is C26H19FN4O2S. The molecule has 0 aliphatic heterocycles. The SMILES string of the molecule is Cc1sc(NC(=O)c2ccc(-n3c(C)nc4ccccc4c3=O)cc2)nc1-c1ccc(F)cc1. The van der Waals surface area contributed by atoms with Gasteiger partial charge < -0.3 is 0 Å². The molecule has 0 radical (unpaired) electrons. The summed E-state index contributed by atoms with van der Waals surface area (Å²) in [6.07, 6.45) is 0. The van der Waals surface area contributed by atoms with Crippen molar-refractivity contribution < 1.29 is 9.18 Å². The molecule has 0 saturated heterocycles. The molecule has 0 aliphatic carbocycles. The predicted octanol–water partition coefficient (Wildman–Crippen LogP) is 5.52. The van der Waals surface area contributed by atoms with E-state index in [9.17, 15) is 14.0 Å². The number of para-hydroxylation sites is 1. The number of carbonyl (C=O) groups excluding carboxylic acids is 1. The van der Waals surface area contributed by atoms with Crippen molar-refractivity contribution in [2.45, 2.75) is 13.8 Å². The van der Waals surface area contributed by atoms with Crippen LogP contribution >= 0.6 is 11.3 Å². The van der Waals surface area contributed by atoms with Crippen LogP contribution < -0.4 is 10.9 Å². The normalized spacial score (nSPS) is 11.0. The molecule has 5 rings (SSSR count). The zero-order valence-corrected chi connectivity index (χ0v) is 19.2. The molecule has 5 aromatic rings. The van der Waals surface area contributed by atoms with Gasteiger partial charge in [0.15, 0.2) is 5.13 Å². The Kier molecular flexibility index (Phi) is 5.51. The molecule has 2 heterocycles. The zero-order valence-electron chi connectivity index (χ0n) is 18.4. The smallest absolute Gasteiger partial charge is 0.265 e. The molecular weight excluding hydrogens is 451 g/mol. The Labute approximate surface area is 198 Å². The predicted molar refractivity (Wildman–Crippen MR) is 132 cm³/mol. The maximum atomic E-state index is 13.2. The van der Waals surface area contributed by atoms with Crippen molar-refractivity contribution in [2.75, 3.05) is 5.32 Å². The number of aromatic nitrogens is 3. The van der Waals surface area contributed by atoms with Crippen LogP contribution in [-0.2, 0) is 0 Å². The van der Waals surface area contributed by atoms with Gasteiger partial charge in [-0.2, -0.15) is 0 Å². The number of hydrogen-bond acceptors (Lipinski definition) is 5. The molecule has 2 aromatic heterocycles. The monoisotopic (exact) mass is 470 g/mol. The van der Waals surface area contributed by atoms with Crippen LogP contribution in [0.2, 0.25) is 0 Å². The van der Waals surface area contributed by atoms with E-state index in [1.807, 2.05) is 19.1 Å². The number of carbonyl (C=O) groups is 1. The first-order chi connectivity index (χ1) is 16.4. The zero-order chi connectivity index (χ0) is 23.8. The third-order valence-electron chi connectivity index (χ3n) is 5.47. The second-order valence-electron chi connectivity index (χ2n) is 7.75. The highest BCUT2D eigenvalue weighted by molar-refractivity contribution is 7.16. The third-order valence-corrected chi connectivity index (χ3v) is 6.35. The molecule has 0 saturated carbocycles. The van der Waals surface area contributed by atoms with Gasteiger partial charge in [0.2, 0.25) is 0 Å². The topological polar surface area (TPSA) is 76.9 Å². The Hall–Kier alpha value is -4.17. The molecule has 0 fully saturated rings. The second kappa shape index (κ2) is 8.64. The van der Waals surface area contributed by atoms with E-state index in [0.717, 1.165) is 10.4 Å². The molecule has 0 aliphatic rings. The fourth-order valence-electron chi connectivity index (χ4n) is 3.80. The third kappa shape index (κ3) is 3.99. The van der Waals surface area contributed by atoms with Gasteiger partial charge in [0, 0.05) is 16.0 Å². The van der Waals surface area contributed by atoms with Gasteiger partial charge >= 0.3 is 0 Å². The fourth-order valence-corrected chi connectivity index (χ4v) is 4.64. The van der Waals surface area contributed by atoms with Crippen LogP contribution in [0.1, 0.15) is 21.1 Å². The van der Waals surface area contributed by atoms with Gasteiger partial charge in [-0.1, -0.05) is 12.1 Å². The van der Waals surface area contributed by atoms with Gasteiger partial charge in [0.1, 0.15) is 11.6 Å². The maximum absolute atomic E-state index is 13.2. The van der Waals surface area contributed by atoms with Crippen LogP contribution in [0.3, 0.4) is 0 Å². The standard InChI is InChI=1S/C26H19FN4O2S/c1-15-23(17-7-11-19(27)12-8-17)29-26(34-15)30-24(32)18-9-13-20(14-10-18)31-16(2)28-22-6-4-3-5-21(22)25(31)33/h3-14H,1-2H3,(H,29,30,32). The first-order valence-corrected chi connectivity index (χ1v) is 11.4. The van der Waals surface area contributed by atoms with Crippen molar-refractivity contribution in [3.63, 3.8) is 0 Å². The molecule has 1 N–H and O–H groups in total. The summed E-state index contributed by atoms with van der Waals surface area (Å²) in [5.74, 6) is -0.0651. The highest BCUT2D eigenvalue weighted by Gasteiger charge is 2.15. The highest BCUT2D eigenvalue weighted by atomic mass is 32.1. The van der Waals surface area contributed by atoms with Crippen molar-refractivity contribution in [1.82, 2.24) is 14.5 Å². The van der Waals surface area contributed by atoms with E-state index in [4.69, 9.17) is 0 Å². The van der Waals surface area contributed by atoms with Gasteiger partial charge in [0.05, 0.1) is 22.3 Å². The summed E-state index contributed by atoms with van der Waals surface area (Å²) in [6, 6.07) is 20.0. The lowest BCUT2D eigenvalue weighted by molar-refractivity contribution is 0.102. The number of amides is 1. The average molecular weight is 471 g/mol. The van der Waals surface area contributed by atoms with Crippen LogP contribution in [-0.4, -0.2) is 20.4 Å². The molecule has 168 valence electrons. The van der Waals surface area contributed by atoms with Gasteiger partial charge in [0.25, 0.3) is 11.5 Å². The van der Waals surface area contributed by atoms with Crippen LogP contribution in [0.4, 0.5) is 9.52 Å². The first kappa shape index (κ1) is 21.7. The van der Waals surface area contributed by atoms with E-state index in [1.54, 1.807) is 55.5 Å². The van der Waals surface area contributed by atoms with Crippen molar-refractivity contribution in [3.8, 4) is 16.9 Å². The van der Waals surface area contributed by atoms with Crippen LogP contribution in [0.5, 0.6) is 0 Å². The molecule has 34 heavy (non-hydrogen) atoms. The Morgan fingerprint density at radius 3 is 2.38 bits per heavy atom. The summed E-state index contributed by atoms with van der Waals surface area (Å²) in [5, 5.41) is 3.81. The minimum atomic E-state index is -0.314. The number of aryl methyl sites for hydroxylation is 2. The number of halogens is 1. The summed E-state index contributed by atoms with van der Waals surface area (Å²) in [6.45, 7) is 3.68. The molecule has 1 amide bonds. The first-order valence-electron chi connectivity index (χ1n) is 10.5. The second-order valence-corrected chi connectivity index (χ2v) is 8.95. The van der Waals surface area contributed by atoms with E-state index in [-0.39, 0.29) is 17.3 Å². The fraction of sp³-hybridized carbons (Fsp3) is 0.0769. The number of fused-ring (bicyclic) bond motifs is 1. The van der Waals surface area contributed by atoms with E-state index < -0.39 is 0 Å². The lowest BCUT2D eigenvalue weighted by atomic mass is 10.1. The number of anilines is 1. The number of benzene rings is 3. The molecule has 0 bridgehead atoms. The minimum Gasteiger partial charge on any atom is -0.298 e. The average Bonchev–Trinajstić information content (AvgIpc) is 3.19. The summed E-state index contributed by atoms with van der Waals surface area (Å²) in [5.41, 5.74) is 3.03. The van der Waals surface area contributed by atoms with E-state index in [1.165, 1.54) is 28.0 Å². The summed E-state index contributed by atoms with van der Waals surface area (Å²) in [4.78, 5) is 35.7. The molecule has 0 atom stereocenters. The highest BCUT2D eigenvalue weighted by Crippen LogP contribution is 2.30. The Morgan fingerprint density at radius 2 is 1.65 bits per heavy atom. The number of nitrogens with zero attached hydrogens (tertiary/aromatic N) is 3. The largest absolute Gasteiger partial charge is 0.298 e. The number of thiazole rings is 1. The van der Waals surface area contributed by atoms with Crippen LogP contribution in [0.25, 0.3) is 27.8 Å². The van der Waals surface area contributed by atoms with E-state index in [0.29, 0.717) is 38.8 Å². The van der Waals surface area contributed by atoms with Crippen LogP contribution in [0, 0.1) is 19.7 Å².